The number of benzene rings is 2. The van der Waals surface area contributed by atoms with Gasteiger partial charge in [-0.25, -0.2) is 9.69 Å². The lowest BCUT2D eigenvalue weighted by Crippen LogP contribution is -2.33. The topological polar surface area (TPSA) is 75.9 Å². The molecule has 1 aliphatic heterocycles. The number of nitrogen functional groups attached to an aromatic ring is 1. The van der Waals surface area contributed by atoms with Crippen molar-refractivity contribution in [2.24, 2.45) is 0 Å². The first-order valence-corrected chi connectivity index (χ1v) is 7.33. The zero-order valence-corrected chi connectivity index (χ0v) is 12.7. The van der Waals surface area contributed by atoms with E-state index in [2.05, 4.69) is 0 Å². The largest absolute Gasteiger partial charge is 0.494 e. The summed E-state index contributed by atoms with van der Waals surface area (Å²) >= 11 is 0. The van der Waals surface area contributed by atoms with Crippen LogP contribution < -0.4 is 20.3 Å². The maximum absolute atomic E-state index is 12.6. The Kier molecular flexibility index (Phi) is 3.89. The van der Waals surface area contributed by atoms with E-state index in [1.807, 2.05) is 6.92 Å². The van der Waals surface area contributed by atoms with Gasteiger partial charge in [0.25, 0.3) is 5.91 Å². The van der Waals surface area contributed by atoms with Gasteiger partial charge in [-0.3, -0.25) is 9.69 Å². The number of nitrogens with zero attached hydrogens (tertiary/aromatic N) is 2. The number of hydrogen-bond acceptors (Lipinski definition) is 4. The number of hydrogen-bond donors (Lipinski definition) is 1. The molecule has 1 saturated heterocycles. The Balaban J connectivity index is 1.88. The van der Waals surface area contributed by atoms with Gasteiger partial charge in [-0.1, -0.05) is 12.1 Å². The van der Waals surface area contributed by atoms with Gasteiger partial charge in [0.05, 0.1) is 23.7 Å². The van der Waals surface area contributed by atoms with Gasteiger partial charge in [-0.15, -0.1) is 0 Å². The van der Waals surface area contributed by atoms with Crippen LogP contribution in [0.3, 0.4) is 0 Å². The van der Waals surface area contributed by atoms with E-state index in [-0.39, 0.29) is 12.5 Å². The van der Waals surface area contributed by atoms with Crippen molar-refractivity contribution in [2.45, 2.75) is 6.92 Å². The molecule has 23 heavy (non-hydrogen) atoms. The Morgan fingerprint density at radius 2 is 1.78 bits per heavy atom. The summed E-state index contributed by atoms with van der Waals surface area (Å²) in [6.07, 6.45) is 0. The molecule has 6 nitrogen and oxygen atoms in total. The molecule has 3 amide bonds. The molecule has 0 aliphatic carbocycles. The minimum atomic E-state index is -0.406. The molecule has 1 fully saturated rings. The molecule has 2 aromatic carbocycles. The normalized spacial score (nSPS) is 14.5. The average Bonchev–Trinajstić information content (AvgIpc) is 2.84. The number of carbonyl (C=O) groups is 2. The van der Waals surface area contributed by atoms with Gasteiger partial charge in [0.2, 0.25) is 0 Å². The third-order valence-corrected chi connectivity index (χ3v) is 3.60. The highest BCUT2D eigenvalue weighted by Gasteiger charge is 2.38. The summed E-state index contributed by atoms with van der Waals surface area (Å²) in [4.78, 5) is 27.4. The SMILES string of the molecule is CCOc1ccc(N2C(=O)CN(c3ccccc3N)C2=O)cc1. The Labute approximate surface area is 134 Å². The molecule has 0 radical (unpaired) electrons. The molecular formula is C17H17N3O3. The molecule has 2 N–H and O–H groups in total. The number of nitrogens with two attached hydrogens (primary N) is 1. The first-order chi connectivity index (χ1) is 11.1. The van der Waals surface area contributed by atoms with Crippen LogP contribution >= 0.6 is 0 Å². The fraction of sp³-hybridized carbons (Fsp3) is 0.176. The molecule has 0 unspecified atom stereocenters. The third-order valence-electron chi connectivity index (χ3n) is 3.60. The lowest BCUT2D eigenvalue weighted by atomic mass is 10.2. The molecule has 2 aromatic rings. The van der Waals surface area contributed by atoms with Gasteiger partial charge in [0, 0.05) is 0 Å². The van der Waals surface area contributed by atoms with Crippen molar-refractivity contribution in [2.75, 3.05) is 28.7 Å². The highest BCUT2D eigenvalue weighted by molar-refractivity contribution is 6.27. The van der Waals surface area contributed by atoms with Crippen LogP contribution in [0.4, 0.5) is 21.9 Å². The van der Waals surface area contributed by atoms with Crippen LogP contribution in [0.1, 0.15) is 6.92 Å². The van der Waals surface area contributed by atoms with E-state index in [1.54, 1.807) is 48.5 Å². The number of carbonyl (C=O) groups excluding carboxylic acids is 2. The van der Waals surface area contributed by atoms with Crippen LogP contribution in [0.5, 0.6) is 5.75 Å². The van der Waals surface area contributed by atoms with E-state index in [0.717, 1.165) is 4.90 Å². The van der Waals surface area contributed by atoms with Crippen molar-refractivity contribution in [3.05, 3.63) is 48.5 Å². The second kappa shape index (κ2) is 6.00. The summed E-state index contributed by atoms with van der Waals surface area (Å²) in [6.45, 7) is 2.42. The number of amides is 3. The van der Waals surface area contributed by atoms with Gasteiger partial charge in [0.15, 0.2) is 0 Å². The number of para-hydroxylation sites is 2. The maximum atomic E-state index is 12.6. The second-order valence-corrected chi connectivity index (χ2v) is 5.08. The molecule has 0 spiro atoms. The van der Waals surface area contributed by atoms with Gasteiger partial charge in [0.1, 0.15) is 12.3 Å². The van der Waals surface area contributed by atoms with E-state index >= 15 is 0 Å². The van der Waals surface area contributed by atoms with E-state index in [4.69, 9.17) is 10.5 Å². The number of rotatable bonds is 4. The molecule has 0 saturated carbocycles. The van der Waals surface area contributed by atoms with Crippen LogP contribution in [0, 0.1) is 0 Å². The predicted octanol–water partition coefficient (Wildman–Crippen LogP) is 2.64. The summed E-state index contributed by atoms with van der Waals surface area (Å²) in [6, 6.07) is 13.4. The van der Waals surface area contributed by atoms with E-state index < -0.39 is 6.03 Å². The average molecular weight is 311 g/mol. The lowest BCUT2D eigenvalue weighted by molar-refractivity contribution is -0.115. The van der Waals surface area contributed by atoms with Crippen LogP contribution in [0.25, 0.3) is 0 Å². The van der Waals surface area contributed by atoms with E-state index in [9.17, 15) is 9.59 Å². The number of imide groups is 1. The van der Waals surface area contributed by atoms with Crippen LogP contribution in [0.2, 0.25) is 0 Å². The van der Waals surface area contributed by atoms with Crippen molar-refractivity contribution >= 4 is 29.0 Å². The monoisotopic (exact) mass is 311 g/mol. The van der Waals surface area contributed by atoms with Gasteiger partial charge < -0.3 is 10.5 Å². The molecule has 0 aromatic heterocycles. The van der Waals surface area contributed by atoms with Crippen LogP contribution in [-0.2, 0) is 4.79 Å². The highest BCUT2D eigenvalue weighted by atomic mass is 16.5. The van der Waals surface area contributed by atoms with Crippen molar-refractivity contribution in [3.63, 3.8) is 0 Å². The van der Waals surface area contributed by atoms with Crippen LogP contribution in [0.15, 0.2) is 48.5 Å². The number of ether oxygens (including phenoxy) is 1. The first-order valence-electron chi connectivity index (χ1n) is 7.33. The summed E-state index contributed by atoms with van der Waals surface area (Å²) in [7, 11) is 0. The van der Waals surface area contributed by atoms with Crippen molar-refractivity contribution < 1.29 is 14.3 Å². The van der Waals surface area contributed by atoms with Crippen LogP contribution in [-0.4, -0.2) is 25.1 Å². The highest BCUT2D eigenvalue weighted by Crippen LogP contribution is 2.30. The molecule has 0 atom stereocenters. The zero-order valence-electron chi connectivity index (χ0n) is 12.7. The third kappa shape index (κ3) is 2.70. The zero-order chi connectivity index (χ0) is 16.4. The molecule has 6 heteroatoms. The Morgan fingerprint density at radius 1 is 1.09 bits per heavy atom. The number of urea groups is 1. The summed E-state index contributed by atoms with van der Waals surface area (Å²) < 4.78 is 5.37. The first kappa shape index (κ1) is 14.9. The Hall–Kier alpha value is -3.02. The van der Waals surface area contributed by atoms with Crippen molar-refractivity contribution in [3.8, 4) is 5.75 Å². The summed E-state index contributed by atoms with van der Waals surface area (Å²) in [5.74, 6) is 0.405. The Bertz CT molecular complexity index is 743. The van der Waals surface area contributed by atoms with E-state index in [1.165, 1.54) is 4.90 Å². The quantitative estimate of drug-likeness (QED) is 0.695. The fourth-order valence-electron chi connectivity index (χ4n) is 2.54. The molecule has 0 bridgehead atoms. The van der Waals surface area contributed by atoms with Gasteiger partial charge in [-0.05, 0) is 43.3 Å². The molecule has 118 valence electrons. The lowest BCUT2D eigenvalue weighted by Gasteiger charge is -2.18. The smallest absolute Gasteiger partial charge is 0.336 e. The molecule has 3 rings (SSSR count). The summed E-state index contributed by atoms with van der Waals surface area (Å²) in [5, 5.41) is 0. The second-order valence-electron chi connectivity index (χ2n) is 5.08. The van der Waals surface area contributed by atoms with Crippen molar-refractivity contribution in [1.82, 2.24) is 0 Å². The summed E-state index contributed by atoms with van der Waals surface area (Å²) in [5.41, 5.74) is 7.42. The number of anilines is 3. The standard InChI is InChI=1S/C17H17N3O3/c1-2-23-13-9-7-12(8-10-13)20-16(21)11-19(17(20)22)15-6-4-3-5-14(15)18/h3-10H,2,11,18H2,1H3. The predicted molar refractivity (Wildman–Crippen MR) is 88.7 cm³/mol. The van der Waals surface area contributed by atoms with Gasteiger partial charge in [-0.2, -0.15) is 0 Å². The minimum Gasteiger partial charge on any atom is -0.494 e. The van der Waals surface area contributed by atoms with E-state index in [0.29, 0.717) is 29.4 Å². The molecular weight excluding hydrogens is 294 g/mol. The van der Waals surface area contributed by atoms with Crippen molar-refractivity contribution in [1.29, 1.82) is 0 Å². The Morgan fingerprint density at radius 3 is 2.43 bits per heavy atom. The van der Waals surface area contributed by atoms with Gasteiger partial charge >= 0.3 is 6.03 Å². The fourth-order valence-corrected chi connectivity index (χ4v) is 2.54. The molecule has 1 heterocycles. The minimum absolute atomic E-state index is 0.0275. The maximum Gasteiger partial charge on any atom is 0.336 e. The molecule has 1 aliphatic rings.